The molecule has 0 aromatic heterocycles. The zero-order valence-electron chi connectivity index (χ0n) is 12.6. The van der Waals surface area contributed by atoms with Crippen molar-refractivity contribution in [3.05, 3.63) is 0 Å². The highest BCUT2D eigenvalue weighted by atomic mass is 16.5. The summed E-state index contributed by atoms with van der Waals surface area (Å²) in [6.45, 7) is 6.13. The van der Waals surface area contributed by atoms with Gasteiger partial charge in [0.15, 0.2) is 0 Å². The average molecular weight is 268 g/mol. The fourth-order valence-corrected chi connectivity index (χ4v) is 3.05. The molecule has 2 unspecified atom stereocenters. The Hall–Kier alpha value is -0.610. The van der Waals surface area contributed by atoms with Crippen molar-refractivity contribution in [3.8, 4) is 0 Å². The second-order valence-corrected chi connectivity index (χ2v) is 6.41. The van der Waals surface area contributed by atoms with Crippen LogP contribution in [0.2, 0.25) is 0 Å². The van der Waals surface area contributed by atoms with E-state index >= 15 is 0 Å². The van der Waals surface area contributed by atoms with Crippen molar-refractivity contribution in [2.75, 3.05) is 20.2 Å². The summed E-state index contributed by atoms with van der Waals surface area (Å²) in [5.41, 5.74) is -0.561. The van der Waals surface area contributed by atoms with Crippen LogP contribution in [0.15, 0.2) is 0 Å². The summed E-state index contributed by atoms with van der Waals surface area (Å²) in [6, 6.07) is 1.07. The lowest BCUT2D eigenvalue weighted by Crippen LogP contribution is -2.59. The van der Waals surface area contributed by atoms with Gasteiger partial charge >= 0.3 is 5.97 Å². The molecule has 110 valence electrons. The molecular weight excluding hydrogens is 240 g/mol. The van der Waals surface area contributed by atoms with E-state index in [2.05, 4.69) is 17.1 Å². The number of hydrogen-bond acceptors (Lipinski definition) is 4. The highest BCUT2D eigenvalue weighted by Gasteiger charge is 2.41. The highest BCUT2D eigenvalue weighted by Crippen LogP contribution is 2.25. The van der Waals surface area contributed by atoms with Crippen molar-refractivity contribution < 1.29 is 9.53 Å². The quantitative estimate of drug-likeness (QED) is 0.774. The Balaban J connectivity index is 2.02. The van der Waals surface area contributed by atoms with E-state index in [9.17, 15) is 4.79 Å². The van der Waals surface area contributed by atoms with E-state index in [0.717, 1.165) is 13.1 Å². The Morgan fingerprint density at radius 2 is 2.05 bits per heavy atom. The highest BCUT2D eigenvalue weighted by molar-refractivity contribution is 5.80. The van der Waals surface area contributed by atoms with Gasteiger partial charge in [-0.05, 0) is 46.1 Å². The Labute approximate surface area is 116 Å². The van der Waals surface area contributed by atoms with Gasteiger partial charge in [0.05, 0.1) is 7.11 Å². The minimum Gasteiger partial charge on any atom is -0.468 e. The summed E-state index contributed by atoms with van der Waals surface area (Å²) in [7, 11) is 1.49. The predicted octanol–water partition coefficient (Wildman–Crippen LogP) is 1.93. The van der Waals surface area contributed by atoms with Crippen LogP contribution in [0.1, 0.15) is 52.4 Å². The SMILES string of the molecule is COC(=O)C(C)(CN1CCCCCC1C)NC1CC1. The first-order valence-electron chi connectivity index (χ1n) is 7.65. The first-order chi connectivity index (χ1) is 9.05. The third-order valence-electron chi connectivity index (χ3n) is 4.45. The third kappa shape index (κ3) is 3.93. The number of likely N-dealkylation sites (tertiary alicyclic amines) is 1. The molecule has 19 heavy (non-hydrogen) atoms. The van der Waals surface area contributed by atoms with E-state index < -0.39 is 5.54 Å². The van der Waals surface area contributed by atoms with Crippen LogP contribution in [-0.4, -0.2) is 48.7 Å². The number of carbonyl (C=O) groups excluding carboxylic acids is 1. The molecule has 2 atom stereocenters. The van der Waals surface area contributed by atoms with Crippen molar-refractivity contribution in [2.24, 2.45) is 0 Å². The van der Waals surface area contributed by atoms with Gasteiger partial charge in [0.1, 0.15) is 5.54 Å². The van der Waals surface area contributed by atoms with Crippen LogP contribution < -0.4 is 5.32 Å². The summed E-state index contributed by atoms with van der Waals surface area (Å²) in [5.74, 6) is -0.129. The van der Waals surface area contributed by atoms with Crippen molar-refractivity contribution in [1.29, 1.82) is 0 Å². The molecule has 1 aliphatic carbocycles. The standard InChI is InChI=1S/C15H28N2O2/c1-12-7-5-4-6-10-17(12)11-15(2,14(18)19-3)16-13-8-9-13/h12-13,16H,4-11H2,1-3H3. The van der Waals surface area contributed by atoms with Crippen LogP contribution in [0.3, 0.4) is 0 Å². The third-order valence-corrected chi connectivity index (χ3v) is 4.45. The average Bonchev–Trinajstić information content (AvgIpc) is 3.19. The molecule has 1 N–H and O–H groups in total. The summed E-state index contributed by atoms with van der Waals surface area (Å²) in [4.78, 5) is 14.6. The zero-order valence-corrected chi connectivity index (χ0v) is 12.6. The normalized spacial score (nSPS) is 28.5. The molecule has 2 aliphatic rings. The number of nitrogens with zero attached hydrogens (tertiary/aromatic N) is 1. The fourth-order valence-electron chi connectivity index (χ4n) is 3.05. The summed E-state index contributed by atoms with van der Waals surface area (Å²) >= 11 is 0. The van der Waals surface area contributed by atoms with Crippen LogP contribution in [0.4, 0.5) is 0 Å². The largest absolute Gasteiger partial charge is 0.468 e. The topological polar surface area (TPSA) is 41.6 Å². The number of methoxy groups -OCH3 is 1. The summed E-state index contributed by atoms with van der Waals surface area (Å²) < 4.78 is 5.02. The molecule has 1 saturated heterocycles. The van der Waals surface area contributed by atoms with Crippen LogP contribution in [0.5, 0.6) is 0 Å². The number of carbonyl (C=O) groups is 1. The van der Waals surface area contributed by atoms with Crippen molar-refractivity contribution in [3.63, 3.8) is 0 Å². The van der Waals surface area contributed by atoms with Gasteiger partial charge in [0, 0.05) is 18.6 Å². The fraction of sp³-hybridized carbons (Fsp3) is 0.933. The van der Waals surface area contributed by atoms with Gasteiger partial charge in [-0.2, -0.15) is 0 Å². The van der Waals surface area contributed by atoms with E-state index in [1.165, 1.54) is 45.6 Å². The molecule has 0 aromatic rings. The molecule has 0 aromatic carbocycles. The number of nitrogens with one attached hydrogen (secondary N) is 1. The molecule has 2 fully saturated rings. The van der Waals surface area contributed by atoms with E-state index in [1.807, 2.05) is 6.92 Å². The number of hydrogen-bond donors (Lipinski definition) is 1. The lowest BCUT2D eigenvalue weighted by Gasteiger charge is -2.36. The Morgan fingerprint density at radius 1 is 1.32 bits per heavy atom. The minimum atomic E-state index is -0.561. The number of rotatable bonds is 5. The monoisotopic (exact) mass is 268 g/mol. The molecule has 0 spiro atoms. The smallest absolute Gasteiger partial charge is 0.327 e. The van der Waals surface area contributed by atoms with Gasteiger partial charge in [-0.15, -0.1) is 0 Å². The summed E-state index contributed by atoms with van der Waals surface area (Å²) in [6.07, 6.45) is 7.46. The molecule has 4 heteroatoms. The van der Waals surface area contributed by atoms with Crippen LogP contribution in [0.25, 0.3) is 0 Å². The van der Waals surface area contributed by atoms with Crippen molar-refractivity contribution in [2.45, 2.75) is 70.0 Å². The van der Waals surface area contributed by atoms with E-state index in [-0.39, 0.29) is 5.97 Å². The summed E-state index contributed by atoms with van der Waals surface area (Å²) in [5, 5.41) is 3.49. The molecule has 1 heterocycles. The Morgan fingerprint density at radius 3 is 2.68 bits per heavy atom. The van der Waals surface area contributed by atoms with Gasteiger partial charge in [0.25, 0.3) is 0 Å². The molecule has 0 bridgehead atoms. The molecule has 0 amide bonds. The van der Waals surface area contributed by atoms with Gasteiger partial charge in [-0.3, -0.25) is 15.0 Å². The Kier molecular flexibility index (Phi) is 4.85. The van der Waals surface area contributed by atoms with Gasteiger partial charge in [-0.1, -0.05) is 12.8 Å². The molecule has 1 saturated carbocycles. The second kappa shape index (κ2) is 6.23. The van der Waals surface area contributed by atoms with Gasteiger partial charge in [0.2, 0.25) is 0 Å². The van der Waals surface area contributed by atoms with E-state index in [1.54, 1.807) is 0 Å². The maximum absolute atomic E-state index is 12.2. The van der Waals surface area contributed by atoms with E-state index in [0.29, 0.717) is 12.1 Å². The minimum absolute atomic E-state index is 0.129. The first-order valence-corrected chi connectivity index (χ1v) is 7.65. The molecule has 0 radical (unpaired) electrons. The molecule has 1 aliphatic heterocycles. The first kappa shape index (κ1) is 14.8. The van der Waals surface area contributed by atoms with Crippen LogP contribution >= 0.6 is 0 Å². The van der Waals surface area contributed by atoms with Crippen molar-refractivity contribution >= 4 is 5.97 Å². The molecular formula is C15H28N2O2. The van der Waals surface area contributed by atoms with Crippen molar-refractivity contribution in [1.82, 2.24) is 10.2 Å². The lowest BCUT2D eigenvalue weighted by atomic mass is 10.00. The maximum atomic E-state index is 12.2. The van der Waals surface area contributed by atoms with Gasteiger partial charge in [-0.25, -0.2) is 0 Å². The second-order valence-electron chi connectivity index (χ2n) is 6.41. The molecule has 4 nitrogen and oxygen atoms in total. The van der Waals surface area contributed by atoms with Crippen LogP contribution in [0, 0.1) is 0 Å². The van der Waals surface area contributed by atoms with E-state index in [4.69, 9.17) is 4.74 Å². The Bertz CT molecular complexity index is 317. The zero-order chi connectivity index (χ0) is 13.9. The number of ether oxygens (including phenoxy) is 1. The predicted molar refractivity (Wildman–Crippen MR) is 76.1 cm³/mol. The lowest BCUT2D eigenvalue weighted by molar-refractivity contribution is -0.149. The number of esters is 1. The molecule has 2 rings (SSSR count). The van der Waals surface area contributed by atoms with Crippen LogP contribution in [-0.2, 0) is 9.53 Å². The maximum Gasteiger partial charge on any atom is 0.327 e. The van der Waals surface area contributed by atoms with Gasteiger partial charge < -0.3 is 4.74 Å².